The van der Waals surface area contributed by atoms with Gasteiger partial charge in [-0.2, -0.15) is 4.31 Å². The molecule has 22 heavy (non-hydrogen) atoms. The van der Waals surface area contributed by atoms with Crippen LogP contribution in [0.5, 0.6) is 11.5 Å². The van der Waals surface area contributed by atoms with E-state index in [9.17, 15) is 13.2 Å². The molecule has 1 fully saturated rings. The number of hydrogen-bond acceptors (Lipinski definition) is 5. The second kappa shape index (κ2) is 5.44. The average Bonchev–Trinajstić information content (AvgIpc) is 2.93. The van der Waals surface area contributed by atoms with Gasteiger partial charge >= 0.3 is 5.97 Å². The number of hydrogen-bond donors (Lipinski definition) is 1. The molecule has 1 N–H and O–H groups in total. The molecule has 0 spiro atoms. The fourth-order valence-electron chi connectivity index (χ4n) is 2.79. The predicted octanol–water partition coefficient (Wildman–Crippen LogP) is 1.21. The molecule has 1 aromatic carbocycles. The minimum atomic E-state index is -3.66. The van der Waals surface area contributed by atoms with Crippen LogP contribution in [-0.2, 0) is 14.8 Å². The summed E-state index contributed by atoms with van der Waals surface area (Å²) in [5, 5.41) is 9.00. The molecule has 2 aliphatic heterocycles. The molecule has 0 unspecified atom stereocenters. The number of piperidine rings is 1. The second-order valence-corrected chi connectivity index (χ2v) is 7.39. The Morgan fingerprint density at radius 3 is 2.41 bits per heavy atom. The molecule has 0 radical (unpaired) electrons. The molecule has 1 aromatic rings. The number of aliphatic carboxylic acids is 1. The maximum absolute atomic E-state index is 12.8. The normalized spacial score (nSPS) is 19.3. The Hall–Kier alpha value is -1.80. The van der Waals surface area contributed by atoms with E-state index in [1.54, 1.807) is 13.0 Å². The summed E-state index contributed by atoms with van der Waals surface area (Å²) in [6.07, 6.45) is 0.663. The van der Waals surface area contributed by atoms with Crippen LogP contribution in [0.25, 0.3) is 0 Å². The third-order valence-electron chi connectivity index (χ3n) is 4.09. The van der Waals surface area contributed by atoms with E-state index in [1.807, 2.05) is 0 Å². The monoisotopic (exact) mass is 327 g/mol. The van der Waals surface area contributed by atoms with Gasteiger partial charge in [0, 0.05) is 19.2 Å². The number of carbonyl (C=O) groups is 1. The molecule has 0 aromatic heterocycles. The Morgan fingerprint density at radius 1 is 1.23 bits per heavy atom. The summed E-state index contributed by atoms with van der Waals surface area (Å²) < 4.78 is 37.4. The lowest BCUT2D eigenvalue weighted by atomic mass is 9.99. The van der Waals surface area contributed by atoms with Crippen LogP contribution in [-0.4, -0.2) is 43.7 Å². The van der Waals surface area contributed by atoms with Crippen LogP contribution in [0.4, 0.5) is 0 Å². The Morgan fingerprint density at radius 2 is 1.82 bits per heavy atom. The van der Waals surface area contributed by atoms with Gasteiger partial charge in [-0.25, -0.2) is 8.42 Å². The molecule has 0 amide bonds. The van der Waals surface area contributed by atoms with Gasteiger partial charge in [0.25, 0.3) is 0 Å². The van der Waals surface area contributed by atoms with Crippen LogP contribution in [0.3, 0.4) is 0 Å². The van der Waals surface area contributed by atoms with Crippen molar-refractivity contribution in [1.82, 2.24) is 4.31 Å². The predicted molar refractivity (Wildman–Crippen MR) is 76.4 cm³/mol. The van der Waals surface area contributed by atoms with Crippen LogP contribution < -0.4 is 9.47 Å². The van der Waals surface area contributed by atoms with Gasteiger partial charge in [-0.1, -0.05) is 0 Å². The van der Waals surface area contributed by atoms with Crippen LogP contribution in [0.1, 0.15) is 18.4 Å². The maximum Gasteiger partial charge on any atom is 0.306 e. The Bertz CT molecular complexity index is 706. The number of ether oxygens (including phenoxy) is 2. The van der Waals surface area contributed by atoms with E-state index < -0.39 is 21.9 Å². The number of carboxylic acids is 1. The highest BCUT2D eigenvalue weighted by molar-refractivity contribution is 7.89. The molecule has 3 rings (SSSR count). The van der Waals surface area contributed by atoms with Crippen molar-refractivity contribution in [3.8, 4) is 11.5 Å². The molecular weight excluding hydrogens is 310 g/mol. The molecule has 1 saturated heterocycles. The van der Waals surface area contributed by atoms with Crippen molar-refractivity contribution in [3.05, 3.63) is 17.7 Å². The van der Waals surface area contributed by atoms with Gasteiger partial charge in [0.15, 0.2) is 11.5 Å². The first-order valence-electron chi connectivity index (χ1n) is 7.03. The van der Waals surface area contributed by atoms with E-state index in [4.69, 9.17) is 14.6 Å². The summed E-state index contributed by atoms with van der Waals surface area (Å²) in [4.78, 5) is 11.2. The van der Waals surface area contributed by atoms with E-state index in [0.29, 0.717) is 29.9 Å². The van der Waals surface area contributed by atoms with Crippen molar-refractivity contribution >= 4 is 16.0 Å². The van der Waals surface area contributed by atoms with Crippen LogP contribution in [0, 0.1) is 12.8 Å². The summed E-state index contributed by atoms with van der Waals surface area (Å²) in [6.45, 7) is 2.22. The van der Waals surface area contributed by atoms with Crippen molar-refractivity contribution in [1.29, 1.82) is 0 Å². The number of sulfonamides is 1. The van der Waals surface area contributed by atoms with Crippen LogP contribution in [0.2, 0.25) is 0 Å². The van der Waals surface area contributed by atoms with Gasteiger partial charge in [-0.3, -0.25) is 4.79 Å². The molecular formula is C14H17NO6S. The number of aryl methyl sites for hydroxylation is 1. The quantitative estimate of drug-likeness (QED) is 0.897. The molecule has 7 nitrogen and oxygen atoms in total. The zero-order valence-corrected chi connectivity index (χ0v) is 12.9. The first-order chi connectivity index (χ1) is 10.4. The highest BCUT2D eigenvalue weighted by Crippen LogP contribution is 2.37. The summed E-state index contributed by atoms with van der Waals surface area (Å²) in [5.74, 6) is -0.369. The number of carboxylic acid groups (broad SMARTS) is 1. The number of benzene rings is 1. The number of fused-ring (bicyclic) bond motifs is 1. The van der Waals surface area contributed by atoms with Crippen LogP contribution >= 0.6 is 0 Å². The molecule has 0 atom stereocenters. The van der Waals surface area contributed by atoms with Gasteiger partial charge in [-0.15, -0.1) is 0 Å². The zero-order valence-electron chi connectivity index (χ0n) is 12.1. The zero-order chi connectivity index (χ0) is 15.9. The molecule has 2 aliphatic rings. The van der Waals surface area contributed by atoms with E-state index >= 15 is 0 Å². The Labute approximate surface area is 128 Å². The van der Waals surface area contributed by atoms with Gasteiger partial charge in [0.05, 0.1) is 10.8 Å². The summed E-state index contributed by atoms with van der Waals surface area (Å²) in [5.41, 5.74) is 0.588. The molecule has 0 saturated carbocycles. The molecule has 2 heterocycles. The van der Waals surface area contributed by atoms with Crippen molar-refractivity contribution in [3.63, 3.8) is 0 Å². The maximum atomic E-state index is 12.8. The minimum Gasteiger partial charge on any atom is -0.481 e. The van der Waals surface area contributed by atoms with Gasteiger partial charge in [0.2, 0.25) is 16.8 Å². The first-order valence-corrected chi connectivity index (χ1v) is 8.47. The highest BCUT2D eigenvalue weighted by atomic mass is 32.2. The second-order valence-electron chi connectivity index (χ2n) is 5.49. The Balaban J connectivity index is 1.87. The molecule has 120 valence electrons. The molecule has 8 heteroatoms. The third-order valence-corrected chi connectivity index (χ3v) is 6.13. The lowest BCUT2D eigenvalue weighted by molar-refractivity contribution is -0.142. The fraction of sp³-hybridized carbons (Fsp3) is 0.500. The van der Waals surface area contributed by atoms with E-state index in [0.717, 1.165) is 0 Å². The molecule has 0 aliphatic carbocycles. The van der Waals surface area contributed by atoms with E-state index in [2.05, 4.69) is 0 Å². The Kier molecular flexibility index (Phi) is 3.73. The van der Waals surface area contributed by atoms with E-state index in [-0.39, 0.29) is 24.8 Å². The van der Waals surface area contributed by atoms with Crippen molar-refractivity contribution < 1.29 is 27.8 Å². The minimum absolute atomic E-state index is 0.0856. The van der Waals surface area contributed by atoms with Crippen LogP contribution in [0.15, 0.2) is 17.0 Å². The van der Waals surface area contributed by atoms with Gasteiger partial charge in [0.1, 0.15) is 0 Å². The third kappa shape index (κ3) is 2.52. The van der Waals surface area contributed by atoms with Crippen molar-refractivity contribution in [2.24, 2.45) is 5.92 Å². The smallest absolute Gasteiger partial charge is 0.306 e. The fourth-order valence-corrected chi connectivity index (χ4v) is 4.48. The standard InChI is InChI=1S/C14H17NO6S/c1-9-6-11-12(21-8-20-11)7-13(9)22(18,19)15-4-2-10(3-5-15)14(16)17/h6-7,10H,2-5,8H2,1H3,(H,16,17). The van der Waals surface area contributed by atoms with Crippen molar-refractivity contribution in [2.75, 3.05) is 19.9 Å². The van der Waals surface area contributed by atoms with Gasteiger partial charge in [-0.05, 0) is 31.4 Å². The average molecular weight is 327 g/mol. The first kappa shape index (κ1) is 15.1. The molecule has 0 bridgehead atoms. The summed E-state index contributed by atoms with van der Waals surface area (Å²) in [7, 11) is -3.66. The SMILES string of the molecule is Cc1cc2c(cc1S(=O)(=O)N1CCC(C(=O)O)CC1)OCO2. The summed E-state index contributed by atoms with van der Waals surface area (Å²) in [6, 6.07) is 3.13. The van der Waals surface area contributed by atoms with Gasteiger partial charge < -0.3 is 14.6 Å². The topological polar surface area (TPSA) is 93.1 Å². The van der Waals surface area contributed by atoms with Crippen molar-refractivity contribution in [2.45, 2.75) is 24.7 Å². The lowest BCUT2D eigenvalue weighted by Gasteiger charge is -2.29. The highest BCUT2D eigenvalue weighted by Gasteiger charge is 2.33. The number of nitrogens with zero attached hydrogens (tertiary/aromatic N) is 1. The largest absolute Gasteiger partial charge is 0.481 e. The lowest BCUT2D eigenvalue weighted by Crippen LogP contribution is -2.40. The van der Waals surface area contributed by atoms with E-state index in [1.165, 1.54) is 10.4 Å². The number of rotatable bonds is 3. The summed E-state index contributed by atoms with van der Waals surface area (Å²) >= 11 is 0.